The normalized spacial score (nSPS) is 10.2. The highest BCUT2D eigenvalue weighted by molar-refractivity contribution is 7.14. The highest BCUT2D eigenvalue weighted by Gasteiger charge is 2.09. The Kier molecular flexibility index (Phi) is 3.64. The molecule has 1 rings (SSSR count). The minimum absolute atomic E-state index is 0.245. The molecule has 0 spiro atoms. The van der Waals surface area contributed by atoms with Crippen LogP contribution in [0.2, 0.25) is 0 Å². The van der Waals surface area contributed by atoms with E-state index in [-0.39, 0.29) is 5.78 Å². The summed E-state index contributed by atoms with van der Waals surface area (Å²) in [6.45, 7) is 9.85. The molecular formula is C12H16OS. The number of rotatable bonds is 4. The van der Waals surface area contributed by atoms with Gasteiger partial charge in [-0.15, -0.1) is 17.9 Å². The largest absolute Gasteiger partial charge is 0.293 e. The minimum atomic E-state index is 0.245. The summed E-state index contributed by atoms with van der Waals surface area (Å²) in [6, 6.07) is 1.99. The first-order chi connectivity index (χ1) is 6.50. The first kappa shape index (κ1) is 11.2. The maximum Gasteiger partial charge on any atom is 0.173 e. The van der Waals surface area contributed by atoms with Crippen molar-refractivity contribution in [2.45, 2.75) is 33.6 Å². The van der Waals surface area contributed by atoms with E-state index in [4.69, 9.17) is 0 Å². The van der Waals surface area contributed by atoms with E-state index in [1.54, 1.807) is 11.3 Å². The lowest BCUT2D eigenvalue weighted by Gasteiger charge is -1.96. The molecule has 0 fully saturated rings. The molecule has 0 saturated carbocycles. The van der Waals surface area contributed by atoms with Gasteiger partial charge in [-0.25, -0.2) is 0 Å². The molecule has 0 aliphatic heterocycles. The number of carbonyl (C=O) groups excluding carboxylic acids is 1. The molecule has 1 nitrogen and oxygen atoms in total. The first-order valence-electron chi connectivity index (χ1n) is 4.75. The van der Waals surface area contributed by atoms with Gasteiger partial charge >= 0.3 is 0 Å². The minimum Gasteiger partial charge on any atom is -0.293 e. The van der Waals surface area contributed by atoms with Gasteiger partial charge in [0.2, 0.25) is 0 Å². The molecule has 0 aliphatic rings. The average molecular weight is 208 g/mol. The maximum atomic E-state index is 11.7. The highest BCUT2D eigenvalue weighted by Crippen LogP contribution is 2.22. The van der Waals surface area contributed by atoms with Crippen LogP contribution in [0, 0.1) is 13.8 Å². The third-order valence-corrected chi connectivity index (χ3v) is 3.41. The Balaban J connectivity index is 2.65. The van der Waals surface area contributed by atoms with Gasteiger partial charge in [-0.3, -0.25) is 4.79 Å². The Morgan fingerprint density at radius 2 is 2.07 bits per heavy atom. The first-order valence-corrected chi connectivity index (χ1v) is 5.57. The summed E-state index contributed by atoms with van der Waals surface area (Å²) in [5, 5.41) is 0. The molecule has 1 aromatic heterocycles. The number of Topliss-reactive ketones (excluding diaryl/α,β-unsaturated/α-hetero) is 1. The van der Waals surface area contributed by atoms with Crippen LogP contribution in [0.3, 0.4) is 0 Å². The van der Waals surface area contributed by atoms with Gasteiger partial charge in [0.25, 0.3) is 0 Å². The molecule has 0 bridgehead atoms. The molecule has 0 radical (unpaired) electrons. The van der Waals surface area contributed by atoms with Crippen molar-refractivity contribution in [2.24, 2.45) is 0 Å². The highest BCUT2D eigenvalue weighted by atomic mass is 32.1. The van der Waals surface area contributed by atoms with Crippen molar-refractivity contribution < 1.29 is 4.79 Å². The Morgan fingerprint density at radius 3 is 2.50 bits per heavy atom. The van der Waals surface area contributed by atoms with Crippen LogP contribution in [0.5, 0.6) is 0 Å². The van der Waals surface area contributed by atoms with Crippen LogP contribution in [-0.2, 0) is 0 Å². The standard InChI is InChI=1S/C12H16OS/c1-8(2)5-6-11(13)12-7-9(3)10(4)14-12/h7H,1,5-6H2,2-4H3. The van der Waals surface area contributed by atoms with Crippen molar-refractivity contribution in [2.75, 3.05) is 0 Å². The topological polar surface area (TPSA) is 17.1 Å². The van der Waals surface area contributed by atoms with Crippen LogP contribution in [0.4, 0.5) is 0 Å². The van der Waals surface area contributed by atoms with E-state index in [0.29, 0.717) is 6.42 Å². The zero-order valence-corrected chi connectivity index (χ0v) is 9.83. The van der Waals surface area contributed by atoms with Crippen LogP contribution in [0.15, 0.2) is 18.2 Å². The van der Waals surface area contributed by atoms with Gasteiger partial charge in [0.05, 0.1) is 4.88 Å². The molecule has 76 valence electrons. The van der Waals surface area contributed by atoms with Crippen LogP contribution in [0.25, 0.3) is 0 Å². The van der Waals surface area contributed by atoms with Crippen molar-refractivity contribution >= 4 is 17.1 Å². The SMILES string of the molecule is C=C(C)CCC(=O)c1cc(C)c(C)s1. The third-order valence-electron chi connectivity index (χ3n) is 2.22. The fraction of sp³-hybridized carbons (Fsp3) is 0.417. The number of hydrogen-bond donors (Lipinski definition) is 0. The second-order valence-electron chi connectivity index (χ2n) is 3.73. The van der Waals surface area contributed by atoms with Gasteiger partial charge in [0.15, 0.2) is 5.78 Å². The van der Waals surface area contributed by atoms with E-state index >= 15 is 0 Å². The second kappa shape index (κ2) is 4.56. The Labute approximate surface area is 89.5 Å². The van der Waals surface area contributed by atoms with Crippen molar-refractivity contribution in [3.05, 3.63) is 33.5 Å². The lowest BCUT2D eigenvalue weighted by atomic mass is 10.1. The van der Waals surface area contributed by atoms with E-state index in [1.807, 2.05) is 19.9 Å². The van der Waals surface area contributed by atoms with Crippen LogP contribution >= 0.6 is 11.3 Å². The predicted octanol–water partition coefficient (Wildman–Crippen LogP) is 3.90. The summed E-state index contributed by atoms with van der Waals surface area (Å²) in [5.74, 6) is 0.245. The molecule has 0 N–H and O–H groups in total. The van der Waals surface area contributed by atoms with Crippen LogP contribution < -0.4 is 0 Å². The summed E-state index contributed by atoms with van der Waals surface area (Å²) in [7, 11) is 0. The zero-order chi connectivity index (χ0) is 10.7. The second-order valence-corrected chi connectivity index (χ2v) is 4.99. The molecule has 0 unspecified atom stereocenters. The van der Waals surface area contributed by atoms with Crippen LogP contribution in [-0.4, -0.2) is 5.78 Å². The monoisotopic (exact) mass is 208 g/mol. The smallest absolute Gasteiger partial charge is 0.173 e. The maximum absolute atomic E-state index is 11.7. The number of carbonyl (C=O) groups is 1. The summed E-state index contributed by atoms with van der Waals surface area (Å²) in [6.07, 6.45) is 1.39. The third kappa shape index (κ3) is 2.81. The van der Waals surface area contributed by atoms with Gasteiger partial charge in [-0.1, -0.05) is 5.57 Å². The van der Waals surface area contributed by atoms with E-state index < -0.39 is 0 Å². The number of aryl methyl sites for hydroxylation is 2. The molecule has 1 aromatic rings. The summed E-state index contributed by atoms with van der Waals surface area (Å²) in [5.41, 5.74) is 2.29. The molecule has 14 heavy (non-hydrogen) atoms. The van der Waals surface area contributed by atoms with Gasteiger partial charge in [0.1, 0.15) is 0 Å². The molecule has 0 amide bonds. The van der Waals surface area contributed by atoms with Gasteiger partial charge in [-0.05, 0) is 38.8 Å². The van der Waals surface area contributed by atoms with E-state index in [0.717, 1.165) is 16.9 Å². The molecule has 2 heteroatoms. The Hall–Kier alpha value is -0.890. The molecule has 0 aliphatic carbocycles. The van der Waals surface area contributed by atoms with Crippen molar-refractivity contribution in [1.29, 1.82) is 0 Å². The van der Waals surface area contributed by atoms with E-state index in [9.17, 15) is 4.79 Å². The summed E-state index contributed by atoms with van der Waals surface area (Å²) >= 11 is 1.59. The quantitative estimate of drug-likeness (QED) is 0.541. The summed E-state index contributed by atoms with van der Waals surface area (Å²) < 4.78 is 0. The van der Waals surface area contributed by atoms with Crippen LogP contribution in [0.1, 0.15) is 39.9 Å². The Bertz CT molecular complexity index is 341. The number of allylic oxidation sites excluding steroid dienone is 1. The molecule has 0 saturated heterocycles. The van der Waals surface area contributed by atoms with Gasteiger partial charge in [0, 0.05) is 11.3 Å². The fourth-order valence-corrected chi connectivity index (χ4v) is 2.16. The zero-order valence-electron chi connectivity index (χ0n) is 9.02. The number of thiophene rings is 1. The molecular weight excluding hydrogens is 192 g/mol. The number of ketones is 1. The summed E-state index contributed by atoms with van der Waals surface area (Å²) in [4.78, 5) is 13.8. The van der Waals surface area contributed by atoms with E-state index in [1.165, 1.54) is 10.4 Å². The van der Waals surface area contributed by atoms with Gasteiger partial charge < -0.3 is 0 Å². The number of hydrogen-bond acceptors (Lipinski definition) is 2. The molecule has 1 heterocycles. The Morgan fingerprint density at radius 1 is 1.43 bits per heavy atom. The van der Waals surface area contributed by atoms with Crippen molar-refractivity contribution in [3.63, 3.8) is 0 Å². The van der Waals surface area contributed by atoms with Gasteiger partial charge in [-0.2, -0.15) is 0 Å². The lowest BCUT2D eigenvalue weighted by Crippen LogP contribution is -1.95. The average Bonchev–Trinajstić information content (AvgIpc) is 2.43. The lowest BCUT2D eigenvalue weighted by molar-refractivity contribution is 0.0986. The fourth-order valence-electron chi connectivity index (χ4n) is 1.16. The predicted molar refractivity (Wildman–Crippen MR) is 62.2 cm³/mol. The molecule has 0 atom stereocenters. The molecule has 0 aromatic carbocycles. The van der Waals surface area contributed by atoms with Crippen molar-refractivity contribution in [1.82, 2.24) is 0 Å². The van der Waals surface area contributed by atoms with E-state index in [2.05, 4.69) is 13.5 Å². The van der Waals surface area contributed by atoms with Crippen molar-refractivity contribution in [3.8, 4) is 0 Å².